The first-order valence-corrected chi connectivity index (χ1v) is 8.82. The van der Waals surface area contributed by atoms with Gasteiger partial charge in [-0.15, -0.1) is 0 Å². The molecule has 2 aromatic rings. The van der Waals surface area contributed by atoms with Crippen LogP contribution in [0.1, 0.15) is 19.4 Å². The van der Waals surface area contributed by atoms with Crippen molar-refractivity contribution in [2.75, 3.05) is 30.3 Å². The monoisotopic (exact) mass is 366 g/mol. The van der Waals surface area contributed by atoms with Gasteiger partial charge in [-0.05, 0) is 55.8 Å². The van der Waals surface area contributed by atoms with Gasteiger partial charge in [-0.25, -0.2) is 0 Å². The summed E-state index contributed by atoms with van der Waals surface area (Å²) in [6, 6.07) is 8.59. The molecular formula is C20H22N4O3. The lowest BCUT2D eigenvalue weighted by Crippen LogP contribution is -2.45. The summed E-state index contributed by atoms with van der Waals surface area (Å²) >= 11 is 0. The molecule has 0 saturated heterocycles. The number of anilines is 2. The average molecular weight is 366 g/mol. The van der Waals surface area contributed by atoms with Crippen LogP contribution < -0.4 is 15.4 Å². The molecule has 7 heteroatoms. The van der Waals surface area contributed by atoms with Gasteiger partial charge in [0, 0.05) is 31.2 Å². The molecule has 0 atom stereocenters. The molecule has 0 spiro atoms. The lowest BCUT2D eigenvalue weighted by molar-refractivity contribution is -0.131. The highest BCUT2D eigenvalue weighted by Crippen LogP contribution is 2.37. The predicted molar refractivity (Wildman–Crippen MR) is 104 cm³/mol. The molecule has 0 radical (unpaired) electrons. The highest BCUT2D eigenvalue weighted by Gasteiger charge is 2.32. The molecule has 7 nitrogen and oxygen atoms in total. The van der Waals surface area contributed by atoms with Crippen LogP contribution in [-0.2, 0) is 9.59 Å². The summed E-state index contributed by atoms with van der Waals surface area (Å²) in [6.45, 7) is 4.90. The minimum atomic E-state index is -0.384. The van der Waals surface area contributed by atoms with Gasteiger partial charge in [0.1, 0.15) is 6.54 Å². The summed E-state index contributed by atoms with van der Waals surface area (Å²) in [5.74, 6) is 0.111. The molecule has 3 rings (SSSR count). The van der Waals surface area contributed by atoms with Gasteiger partial charge in [0.25, 0.3) is 5.91 Å². The van der Waals surface area contributed by atoms with Crippen LogP contribution in [0.2, 0.25) is 0 Å². The van der Waals surface area contributed by atoms with E-state index >= 15 is 0 Å². The molecule has 1 aliphatic heterocycles. The Bertz CT molecular complexity index is 876. The number of carbonyl (C=O) groups excluding carboxylic acids is 2. The molecule has 27 heavy (non-hydrogen) atoms. The average Bonchev–Trinajstić information content (AvgIpc) is 2.67. The normalized spacial score (nSPS) is 14.7. The van der Waals surface area contributed by atoms with Gasteiger partial charge in [-0.3, -0.25) is 19.5 Å². The van der Waals surface area contributed by atoms with Gasteiger partial charge in [-0.2, -0.15) is 0 Å². The maximum atomic E-state index is 13.0. The topological polar surface area (TPSA) is 88.8 Å². The van der Waals surface area contributed by atoms with Gasteiger partial charge in [-0.1, -0.05) is 0 Å². The van der Waals surface area contributed by atoms with E-state index in [1.165, 1.54) is 4.90 Å². The third-order valence-corrected chi connectivity index (χ3v) is 4.36. The smallest absolute Gasteiger partial charge is 0.294 e. The Balaban J connectivity index is 1.99. The molecule has 2 heterocycles. The van der Waals surface area contributed by atoms with Crippen molar-refractivity contribution in [1.82, 2.24) is 9.88 Å². The van der Waals surface area contributed by atoms with Crippen molar-refractivity contribution in [3.05, 3.63) is 54.0 Å². The molecule has 0 bridgehead atoms. The van der Waals surface area contributed by atoms with Crippen LogP contribution in [-0.4, -0.2) is 41.3 Å². The summed E-state index contributed by atoms with van der Waals surface area (Å²) < 4.78 is 5.80. The van der Waals surface area contributed by atoms with Crippen LogP contribution >= 0.6 is 0 Å². The van der Waals surface area contributed by atoms with Crippen LogP contribution in [0.5, 0.6) is 5.75 Å². The fourth-order valence-electron chi connectivity index (χ4n) is 2.91. The quantitative estimate of drug-likeness (QED) is 0.648. The minimum absolute atomic E-state index is 0.0754. The van der Waals surface area contributed by atoms with Crippen molar-refractivity contribution >= 4 is 29.3 Å². The first kappa shape index (κ1) is 18.4. The Morgan fingerprint density at radius 3 is 2.59 bits per heavy atom. The van der Waals surface area contributed by atoms with Crippen LogP contribution in [0.4, 0.5) is 11.4 Å². The molecule has 1 aliphatic rings. The van der Waals surface area contributed by atoms with E-state index in [9.17, 15) is 9.59 Å². The molecule has 0 unspecified atom stereocenters. The van der Waals surface area contributed by atoms with E-state index in [0.717, 1.165) is 5.56 Å². The zero-order chi connectivity index (χ0) is 19.4. The van der Waals surface area contributed by atoms with Gasteiger partial charge in [0.05, 0.1) is 5.69 Å². The summed E-state index contributed by atoms with van der Waals surface area (Å²) in [5.41, 5.74) is 7.65. The number of nitrogen functional groups attached to an aromatic ring is 1. The van der Waals surface area contributed by atoms with Crippen molar-refractivity contribution in [3.8, 4) is 5.75 Å². The molecule has 1 aromatic carbocycles. The number of ether oxygens (including phenoxy) is 1. The van der Waals surface area contributed by atoms with E-state index in [1.807, 2.05) is 13.8 Å². The number of pyridine rings is 1. The van der Waals surface area contributed by atoms with Gasteiger partial charge < -0.3 is 15.4 Å². The number of nitrogens with zero attached hydrogens (tertiary/aromatic N) is 3. The Kier molecular flexibility index (Phi) is 5.40. The number of rotatable bonds is 5. The van der Waals surface area contributed by atoms with E-state index in [-0.39, 0.29) is 24.1 Å². The summed E-state index contributed by atoms with van der Waals surface area (Å²) in [6.07, 6.45) is 4.91. The van der Waals surface area contributed by atoms with Crippen molar-refractivity contribution in [1.29, 1.82) is 0 Å². The second-order valence-electron chi connectivity index (χ2n) is 6.08. The SMILES string of the molecule is CCN(CC)C(=O)CN1C(=O)/C(=C\c2ccncc2)Oc2ccc(N)cc21. The Morgan fingerprint density at radius 2 is 1.93 bits per heavy atom. The van der Waals surface area contributed by atoms with E-state index in [0.29, 0.717) is 30.2 Å². The van der Waals surface area contributed by atoms with E-state index in [4.69, 9.17) is 10.5 Å². The van der Waals surface area contributed by atoms with E-state index in [1.54, 1.807) is 53.7 Å². The number of carbonyl (C=O) groups is 2. The summed E-state index contributed by atoms with van der Waals surface area (Å²) in [7, 11) is 0. The maximum Gasteiger partial charge on any atom is 0.294 e. The highest BCUT2D eigenvalue weighted by molar-refractivity contribution is 6.12. The number of amides is 2. The lowest BCUT2D eigenvalue weighted by atomic mass is 10.1. The van der Waals surface area contributed by atoms with E-state index < -0.39 is 0 Å². The number of hydrogen-bond acceptors (Lipinski definition) is 5. The molecule has 0 saturated carbocycles. The molecular weight excluding hydrogens is 344 g/mol. The first-order valence-electron chi connectivity index (χ1n) is 8.82. The number of hydrogen-bond donors (Lipinski definition) is 1. The maximum absolute atomic E-state index is 13.0. The van der Waals surface area contributed by atoms with Gasteiger partial charge in [0.15, 0.2) is 11.5 Å². The lowest BCUT2D eigenvalue weighted by Gasteiger charge is -2.32. The second kappa shape index (κ2) is 7.90. The Hall–Kier alpha value is -3.35. The number of aromatic nitrogens is 1. The highest BCUT2D eigenvalue weighted by atomic mass is 16.5. The second-order valence-corrected chi connectivity index (χ2v) is 6.08. The zero-order valence-electron chi connectivity index (χ0n) is 15.4. The standard InChI is InChI=1S/C20H22N4O3/c1-3-23(4-2)19(25)13-24-16-12-15(21)5-6-17(16)27-18(20(24)26)11-14-7-9-22-10-8-14/h5-12H,3-4,13,21H2,1-2H3/b18-11+. The molecule has 2 amide bonds. The van der Waals surface area contributed by atoms with Crippen molar-refractivity contribution in [3.63, 3.8) is 0 Å². The summed E-state index contributed by atoms with van der Waals surface area (Å²) in [5, 5.41) is 0. The van der Waals surface area contributed by atoms with Gasteiger partial charge >= 0.3 is 0 Å². The number of benzene rings is 1. The van der Waals surface area contributed by atoms with E-state index in [2.05, 4.69) is 4.98 Å². The fourth-order valence-corrected chi connectivity index (χ4v) is 2.91. The molecule has 2 N–H and O–H groups in total. The molecule has 1 aromatic heterocycles. The number of likely N-dealkylation sites (N-methyl/N-ethyl adjacent to an activating group) is 1. The van der Waals surface area contributed by atoms with Crippen molar-refractivity contribution in [2.45, 2.75) is 13.8 Å². The molecule has 0 fully saturated rings. The fraction of sp³-hybridized carbons (Fsp3) is 0.250. The minimum Gasteiger partial charge on any atom is -0.449 e. The van der Waals surface area contributed by atoms with Crippen LogP contribution in [0.15, 0.2) is 48.5 Å². The van der Waals surface area contributed by atoms with Crippen LogP contribution in [0.25, 0.3) is 6.08 Å². The Morgan fingerprint density at radius 1 is 1.22 bits per heavy atom. The summed E-state index contributed by atoms with van der Waals surface area (Å²) in [4.78, 5) is 32.7. The van der Waals surface area contributed by atoms with Crippen LogP contribution in [0.3, 0.4) is 0 Å². The largest absolute Gasteiger partial charge is 0.449 e. The van der Waals surface area contributed by atoms with Crippen molar-refractivity contribution in [2.24, 2.45) is 0 Å². The molecule has 0 aliphatic carbocycles. The first-order chi connectivity index (χ1) is 13.0. The number of nitrogens with two attached hydrogens (primary N) is 1. The third kappa shape index (κ3) is 3.92. The zero-order valence-corrected chi connectivity index (χ0v) is 15.4. The third-order valence-electron chi connectivity index (χ3n) is 4.36. The van der Waals surface area contributed by atoms with Crippen molar-refractivity contribution < 1.29 is 14.3 Å². The van der Waals surface area contributed by atoms with Crippen LogP contribution in [0, 0.1) is 0 Å². The Labute approximate surface area is 158 Å². The number of fused-ring (bicyclic) bond motifs is 1. The predicted octanol–water partition coefficient (Wildman–Crippen LogP) is 2.30. The molecule has 140 valence electrons. The van der Waals surface area contributed by atoms with Gasteiger partial charge in [0.2, 0.25) is 5.91 Å².